The molecule has 0 spiro atoms. The first-order valence-corrected chi connectivity index (χ1v) is 12.4. The standard InChI is InChI=1S/C24H16N4OS3/c1-14-6-8-15(9-7-14)17-11-30-23-21(17)24(27-13-26-23)31-12-19(29)16(10-25)22-28-18-4-2-3-5-20(18)32-22/h2-9,11,13,29H,12H2,1H3/b19-16-. The van der Waals surface area contributed by atoms with E-state index in [9.17, 15) is 10.4 Å². The maximum absolute atomic E-state index is 10.8. The minimum atomic E-state index is -0.00423. The fourth-order valence-electron chi connectivity index (χ4n) is 3.33. The average molecular weight is 473 g/mol. The first kappa shape index (κ1) is 20.6. The van der Waals surface area contributed by atoms with E-state index in [0.717, 1.165) is 36.6 Å². The molecule has 0 radical (unpaired) electrons. The van der Waals surface area contributed by atoms with Gasteiger partial charge in [0.25, 0.3) is 0 Å². The number of aromatic nitrogens is 3. The molecule has 0 aliphatic rings. The second-order valence-electron chi connectivity index (χ2n) is 7.08. The summed E-state index contributed by atoms with van der Waals surface area (Å²) in [7, 11) is 0. The largest absolute Gasteiger partial charge is 0.510 e. The number of thioether (sulfide) groups is 1. The molecule has 0 bridgehead atoms. The normalized spacial score (nSPS) is 12.1. The summed E-state index contributed by atoms with van der Waals surface area (Å²) in [4.78, 5) is 14.3. The lowest BCUT2D eigenvalue weighted by atomic mass is 10.1. The summed E-state index contributed by atoms with van der Waals surface area (Å²) in [6.07, 6.45) is 1.54. The number of hydrogen-bond donors (Lipinski definition) is 1. The van der Waals surface area contributed by atoms with Crippen molar-refractivity contribution in [3.63, 3.8) is 0 Å². The van der Waals surface area contributed by atoms with E-state index >= 15 is 0 Å². The number of allylic oxidation sites excluding steroid dienone is 1. The molecular formula is C24H16N4OS3. The number of nitriles is 1. The molecule has 2 aromatic carbocycles. The van der Waals surface area contributed by atoms with Crippen molar-refractivity contribution in [2.75, 3.05) is 5.75 Å². The minimum absolute atomic E-state index is 0.00423. The summed E-state index contributed by atoms with van der Waals surface area (Å²) in [6, 6.07) is 18.2. The van der Waals surface area contributed by atoms with Crippen LogP contribution in [0.5, 0.6) is 0 Å². The second kappa shape index (κ2) is 8.71. The van der Waals surface area contributed by atoms with Gasteiger partial charge in [0.1, 0.15) is 38.6 Å². The highest BCUT2D eigenvalue weighted by Gasteiger charge is 2.17. The van der Waals surface area contributed by atoms with Crippen molar-refractivity contribution >= 4 is 60.4 Å². The lowest BCUT2D eigenvalue weighted by molar-refractivity contribution is 0.421. The fraction of sp³-hybridized carbons (Fsp3) is 0.0833. The number of fused-ring (bicyclic) bond motifs is 2. The molecule has 0 amide bonds. The van der Waals surface area contributed by atoms with Gasteiger partial charge in [0.15, 0.2) is 0 Å². The molecule has 0 saturated heterocycles. The van der Waals surface area contributed by atoms with Crippen molar-refractivity contribution in [1.82, 2.24) is 15.0 Å². The molecule has 1 N–H and O–H groups in total. The molecule has 156 valence electrons. The van der Waals surface area contributed by atoms with Crippen LogP contribution in [0.15, 0.2) is 71.0 Å². The summed E-state index contributed by atoms with van der Waals surface area (Å²) in [5, 5.41) is 24.8. The van der Waals surface area contributed by atoms with Crippen LogP contribution >= 0.6 is 34.4 Å². The number of thiazole rings is 1. The number of para-hydroxylation sites is 1. The number of rotatable bonds is 5. The van der Waals surface area contributed by atoms with Gasteiger partial charge in [-0.3, -0.25) is 0 Å². The van der Waals surface area contributed by atoms with Crippen molar-refractivity contribution in [2.24, 2.45) is 0 Å². The van der Waals surface area contributed by atoms with Crippen LogP contribution < -0.4 is 0 Å². The summed E-state index contributed by atoms with van der Waals surface area (Å²) < 4.78 is 0.981. The number of hydrogen-bond acceptors (Lipinski definition) is 8. The number of benzene rings is 2. The van der Waals surface area contributed by atoms with Crippen LogP contribution in [-0.4, -0.2) is 25.8 Å². The Balaban J connectivity index is 1.48. The number of aliphatic hydroxyl groups is 1. The summed E-state index contributed by atoms with van der Waals surface area (Å²) in [5.41, 5.74) is 4.40. The molecule has 0 atom stereocenters. The zero-order valence-corrected chi connectivity index (χ0v) is 19.4. The predicted molar refractivity (Wildman–Crippen MR) is 133 cm³/mol. The van der Waals surface area contributed by atoms with Crippen LogP contribution in [0.3, 0.4) is 0 Å². The third-order valence-corrected chi connectivity index (χ3v) is 7.89. The van der Waals surface area contributed by atoms with E-state index < -0.39 is 0 Å². The fourth-order valence-corrected chi connectivity index (χ4v) is 6.18. The van der Waals surface area contributed by atoms with Gasteiger partial charge < -0.3 is 5.11 Å². The summed E-state index contributed by atoms with van der Waals surface area (Å²) >= 11 is 4.37. The van der Waals surface area contributed by atoms with Gasteiger partial charge in [-0.05, 0) is 24.6 Å². The number of nitrogens with zero attached hydrogens (tertiary/aromatic N) is 4. The highest BCUT2D eigenvalue weighted by atomic mass is 32.2. The topological polar surface area (TPSA) is 82.7 Å². The van der Waals surface area contributed by atoms with Crippen molar-refractivity contribution in [3.8, 4) is 17.2 Å². The predicted octanol–water partition coefficient (Wildman–Crippen LogP) is 6.86. The Kier molecular flexibility index (Phi) is 5.62. The van der Waals surface area contributed by atoms with Crippen LogP contribution in [0.2, 0.25) is 0 Å². The molecular weight excluding hydrogens is 456 g/mol. The molecule has 3 aromatic heterocycles. The molecule has 0 unspecified atom stereocenters. The van der Waals surface area contributed by atoms with Gasteiger partial charge in [0, 0.05) is 10.9 Å². The quantitative estimate of drug-likeness (QED) is 0.130. The van der Waals surface area contributed by atoms with E-state index in [-0.39, 0.29) is 17.1 Å². The van der Waals surface area contributed by atoms with E-state index in [2.05, 4.69) is 57.6 Å². The van der Waals surface area contributed by atoms with Gasteiger partial charge >= 0.3 is 0 Å². The van der Waals surface area contributed by atoms with Crippen LogP contribution in [0.1, 0.15) is 10.6 Å². The van der Waals surface area contributed by atoms with Gasteiger partial charge in [-0.25, -0.2) is 15.0 Å². The summed E-state index contributed by atoms with van der Waals surface area (Å²) in [5.74, 6) is 0.212. The zero-order valence-electron chi connectivity index (χ0n) is 16.9. The molecule has 0 fully saturated rings. The van der Waals surface area contributed by atoms with Gasteiger partial charge in [-0.15, -0.1) is 22.7 Å². The van der Waals surface area contributed by atoms with Crippen LogP contribution in [0.25, 0.3) is 37.1 Å². The number of thiophene rings is 1. The highest BCUT2D eigenvalue weighted by molar-refractivity contribution is 7.99. The van der Waals surface area contributed by atoms with Crippen molar-refractivity contribution in [1.29, 1.82) is 5.26 Å². The molecule has 5 nitrogen and oxygen atoms in total. The SMILES string of the molecule is Cc1ccc(-c2csc3ncnc(SC/C(O)=C(\C#N)c4nc5ccccc5s4)c23)cc1. The molecule has 0 saturated carbocycles. The first-order valence-electron chi connectivity index (χ1n) is 9.74. The third-order valence-electron chi connectivity index (χ3n) is 4.95. The molecule has 0 aliphatic heterocycles. The maximum atomic E-state index is 10.8. The van der Waals surface area contributed by atoms with E-state index in [4.69, 9.17) is 0 Å². The Labute approximate surface area is 196 Å². The molecule has 5 aromatic rings. The van der Waals surface area contributed by atoms with Crippen molar-refractivity contribution in [3.05, 3.63) is 76.6 Å². The Bertz CT molecular complexity index is 1480. The van der Waals surface area contributed by atoms with E-state index in [0.29, 0.717) is 5.01 Å². The molecule has 3 heterocycles. The first-order chi connectivity index (χ1) is 15.6. The lowest BCUT2D eigenvalue weighted by Crippen LogP contribution is -1.94. The zero-order chi connectivity index (χ0) is 22.1. The van der Waals surface area contributed by atoms with Gasteiger partial charge in [0.05, 0.1) is 21.4 Å². The molecule has 8 heteroatoms. The van der Waals surface area contributed by atoms with E-state index in [1.807, 2.05) is 24.3 Å². The number of aryl methyl sites for hydroxylation is 1. The summed E-state index contributed by atoms with van der Waals surface area (Å²) in [6.45, 7) is 2.06. The highest BCUT2D eigenvalue weighted by Crippen LogP contribution is 2.38. The van der Waals surface area contributed by atoms with E-state index in [1.54, 1.807) is 17.7 Å². The molecule has 5 rings (SSSR count). The van der Waals surface area contributed by atoms with Crippen LogP contribution in [0, 0.1) is 18.3 Å². The van der Waals surface area contributed by atoms with Crippen molar-refractivity contribution < 1.29 is 5.11 Å². The van der Waals surface area contributed by atoms with Gasteiger partial charge in [0.2, 0.25) is 0 Å². The average Bonchev–Trinajstić information content (AvgIpc) is 3.43. The van der Waals surface area contributed by atoms with E-state index in [1.165, 1.54) is 28.7 Å². The van der Waals surface area contributed by atoms with Gasteiger partial charge in [-0.2, -0.15) is 5.26 Å². The van der Waals surface area contributed by atoms with Gasteiger partial charge in [-0.1, -0.05) is 53.7 Å². The molecule has 0 aliphatic carbocycles. The smallest absolute Gasteiger partial charge is 0.138 e. The Morgan fingerprint density at radius 3 is 2.72 bits per heavy atom. The van der Waals surface area contributed by atoms with Crippen LogP contribution in [0.4, 0.5) is 0 Å². The minimum Gasteiger partial charge on any atom is -0.510 e. The molecule has 32 heavy (non-hydrogen) atoms. The third kappa shape index (κ3) is 3.86. The van der Waals surface area contributed by atoms with Crippen molar-refractivity contribution in [2.45, 2.75) is 11.9 Å². The monoisotopic (exact) mass is 472 g/mol. The second-order valence-corrected chi connectivity index (χ2v) is 9.94. The Hall–Kier alpha value is -3.25. The lowest BCUT2D eigenvalue weighted by Gasteiger charge is -2.06. The Morgan fingerprint density at radius 1 is 1.12 bits per heavy atom. The number of aliphatic hydroxyl groups excluding tert-OH is 1. The van der Waals surface area contributed by atoms with Crippen LogP contribution in [-0.2, 0) is 0 Å². The maximum Gasteiger partial charge on any atom is 0.138 e. The Morgan fingerprint density at radius 2 is 1.94 bits per heavy atom.